The number of anilines is 1. The number of unbranched alkanes of at least 4 members (excludes halogenated alkanes) is 1. The molecule has 1 aliphatic rings. The summed E-state index contributed by atoms with van der Waals surface area (Å²) in [5, 5.41) is 0.291. The maximum atomic E-state index is 12.3. The van der Waals surface area contributed by atoms with Crippen molar-refractivity contribution in [3.63, 3.8) is 0 Å². The van der Waals surface area contributed by atoms with E-state index in [0.717, 1.165) is 27.0 Å². The molecule has 2 rings (SSSR count). The maximum absolute atomic E-state index is 12.3. The fourth-order valence-corrected chi connectivity index (χ4v) is 10.1. The average molecular weight is 485 g/mol. The van der Waals surface area contributed by atoms with Crippen molar-refractivity contribution in [1.29, 1.82) is 0 Å². The number of hydrogen-bond donors (Lipinski definition) is 0. The summed E-state index contributed by atoms with van der Waals surface area (Å²) in [4.78, 5) is 27.3. The van der Waals surface area contributed by atoms with Gasteiger partial charge in [0.1, 0.15) is 0 Å². The third-order valence-electron chi connectivity index (χ3n) is 3.89. The van der Waals surface area contributed by atoms with Gasteiger partial charge in [-0.25, -0.2) is 0 Å². The van der Waals surface area contributed by atoms with Gasteiger partial charge in [0.15, 0.2) is 0 Å². The second-order valence-electron chi connectivity index (χ2n) is 5.77. The van der Waals surface area contributed by atoms with E-state index in [2.05, 4.69) is 17.4 Å². The van der Waals surface area contributed by atoms with Crippen molar-refractivity contribution in [2.75, 3.05) is 11.5 Å². The number of pyridine rings is 1. The van der Waals surface area contributed by atoms with Crippen LogP contribution >= 0.6 is 23.4 Å². The summed E-state index contributed by atoms with van der Waals surface area (Å²) in [5.74, 6) is -0.352. The molecule has 1 aromatic rings. The number of carbonyl (C=O) groups is 2. The molecule has 0 bridgehead atoms. The van der Waals surface area contributed by atoms with Crippen molar-refractivity contribution in [2.45, 2.75) is 29.9 Å². The van der Waals surface area contributed by atoms with Crippen LogP contribution < -0.4 is 4.42 Å². The first-order valence-corrected chi connectivity index (χ1v) is 14.9. The van der Waals surface area contributed by atoms with Gasteiger partial charge < -0.3 is 0 Å². The van der Waals surface area contributed by atoms with E-state index in [1.54, 1.807) is 12.1 Å². The van der Waals surface area contributed by atoms with Gasteiger partial charge in [-0.3, -0.25) is 0 Å². The topological polar surface area (TPSA) is 59.5 Å². The van der Waals surface area contributed by atoms with E-state index in [0.29, 0.717) is 17.3 Å². The number of methoxy groups -OCH3 is 1. The molecule has 8 heteroatoms. The molecule has 0 atom stereocenters. The van der Waals surface area contributed by atoms with E-state index in [1.807, 2.05) is 6.08 Å². The first-order valence-electron chi connectivity index (χ1n) is 8.05. The van der Waals surface area contributed by atoms with Gasteiger partial charge >= 0.3 is 166 Å². The summed E-state index contributed by atoms with van der Waals surface area (Å²) in [6.45, 7) is 0. The first-order chi connectivity index (χ1) is 12.0. The van der Waals surface area contributed by atoms with Crippen LogP contribution in [0.2, 0.25) is 9.33 Å². The van der Waals surface area contributed by atoms with Crippen LogP contribution in [-0.4, -0.2) is 45.4 Å². The molecule has 0 saturated carbocycles. The van der Waals surface area contributed by atoms with E-state index in [4.69, 9.17) is 23.4 Å². The van der Waals surface area contributed by atoms with Crippen LogP contribution in [0, 0.1) is 0 Å². The molecule has 0 unspecified atom stereocenters. The van der Waals surface area contributed by atoms with Gasteiger partial charge in [0.25, 0.3) is 0 Å². The standard InChI is InChI=1S/C11H8Cl2N2O.C6H11O2.In/c1-3-8(2)6-11(16)15(13)9-4-5-14-10(12)7-9;1-3-4-5-6(7)8-2;/h1-5,7H,6H2;1,3-5H2,2H3;. The van der Waals surface area contributed by atoms with Crippen LogP contribution in [0.1, 0.15) is 25.7 Å². The second kappa shape index (κ2) is 10.2. The van der Waals surface area contributed by atoms with Crippen LogP contribution in [0.4, 0.5) is 5.69 Å². The van der Waals surface area contributed by atoms with Gasteiger partial charge in [0.05, 0.1) is 0 Å². The molecule has 0 fully saturated rings. The van der Waals surface area contributed by atoms with E-state index >= 15 is 0 Å². The van der Waals surface area contributed by atoms with Gasteiger partial charge in [-0.1, -0.05) is 0 Å². The van der Waals surface area contributed by atoms with Gasteiger partial charge in [-0.2, -0.15) is 0 Å². The zero-order valence-corrected chi connectivity index (χ0v) is 18.8. The molecule has 5 nitrogen and oxygen atoms in total. The molecule has 25 heavy (non-hydrogen) atoms. The number of rotatable bonds is 8. The fourth-order valence-electron chi connectivity index (χ4n) is 2.58. The summed E-state index contributed by atoms with van der Waals surface area (Å²) in [7, 11) is 1.41. The zero-order chi connectivity index (χ0) is 18.2. The molecule has 132 valence electrons. The predicted octanol–water partition coefficient (Wildman–Crippen LogP) is 4.02. The summed E-state index contributed by atoms with van der Waals surface area (Å²) in [6, 6.07) is 3.19. The van der Waals surface area contributed by atoms with Crippen LogP contribution in [0.5, 0.6) is 0 Å². The van der Waals surface area contributed by atoms with Gasteiger partial charge in [0.2, 0.25) is 0 Å². The Kier molecular flexibility index (Phi) is 8.33. The molecule has 0 aromatic carbocycles. The normalized spacial score (nSPS) is 12.9. The van der Waals surface area contributed by atoms with Gasteiger partial charge in [-0.05, 0) is 0 Å². The number of ether oxygens (including phenoxy) is 1. The SMILES string of the molecule is COC(=O)CCC[CH2][In]1[CH]=CC(CC(=O)N(Cl)c2ccnc(Cl)c2)=[CH]1. The molecule has 1 amide bonds. The first kappa shape index (κ1) is 20.3. The Bertz CT molecular complexity index is 694. The summed E-state index contributed by atoms with van der Waals surface area (Å²) in [6.07, 6.45) is 6.18. The number of esters is 1. The predicted molar refractivity (Wildman–Crippen MR) is 101 cm³/mol. The summed E-state index contributed by atoms with van der Waals surface area (Å²) < 4.78 is 11.4. The Morgan fingerprint density at radius 2 is 2.16 bits per heavy atom. The Labute approximate surface area is 165 Å². The third kappa shape index (κ3) is 6.68. The number of hydrogen-bond acceptors (Lipinski definition) is 4. The van der Waals surface area contributed by atoms with Gasteiger partial charge in [0, 0.05) is 0 Å². The third-order valence-corrected chi connectivity index (χ3v) is 12.0. The number of amides is 1. The number of carbonyl (C=O) groups excluding carboxylic acids is 2. The van der Waals surface area contributed by atoms with Crippen molar-refractivity contribution >= 4 is 62.4 Å². The average Bonchev–Trinajstić information content (AvgIpc) is 3.05. The second-order valence-corrected chi connectivity index (χ2v) is 14.0. The molecule has 0 aliphatic carbocycles. The van der Waals surface area contributed by atoms with E-state index in [-0.39, 0.29) is 18.3 Å². The van der Waals surface area contributed by atoms with Crippen molar-refractivity contribution in [1.82, 2.24) is 4.98 Å². The van der Waals surface area contributed by atoms with Crippen LogP contribution in [0.3, 0.4) is 0 Å². The van der Waals surface area contributed by atoms with Crippen LogP contribution in [-0.2, 0) is 14.3 Å². The number of allylic oxidation sites excluding steroid dienone is 1. The zero-order valence-electron chi connectivity index (χ0n) is 14.0. The van der Waals surface area contributed by atoms with Crippen molar-refractivity contribution in [3.05, 3.63) is 42.8 Å². The number of nitrogens with zero attached hydrogens (tertiary/aromatic N) is 2. The molecular formula is C17H19Cl2InN2O3. The number of aromatic nitrogens is 1. The molecule has 0 saturated heterocycles. The van der Waals surface area contributed by atoms with Crippen molar-refractivity contribution < 1.29 is 14.3 Å². The Balaban J connectivity index is 1.80. The fraction of sp³-hybridized carbons (Fsp3) is 0.353. The van der Waals surface area contributed by atoms with Crippen LogP contribution in [0.15, 0.2) is 37.6 Å². The van der Waals surface area contributed by atoms with E-state index in [1.165, 1.54) is 13.3 Å². The minimum absolute atomic E-state index is 0.155. The number of halogens is 2. The molecule has 1 aromatic heterocycles. The molecule has 2 heterocycles. The molecule has 0 radical (unpaired) electrons. The summed E-state index contributed by atoms with van der Waals surface area (Å²) in [5.41, 5.74) is 1.54. The van der Waals surface area contributed by atoms with Crippen molar-refractivity contribution in [3.8, 4) is 0 Å². The Morgan fingerprint density at radius 1 is 1.36 bits per heavy atom. The molecule has 0 N–H and O–H groups in total. The molecule has 1 aliphatic heterocycles. The Hall–Kier alpha value is -0.980. The van der Waals surface area contributed by atoms with E-state index in [9.17, 15) is 9.59 Å². The van der Waals surface area contributed by atoms with Gasteiger partial charge in [-0.15, -0.1) is 0 Å². The van der Waals surface area contributed by atoms with Crippen molar-refractivity contribution in [2.24, 2.45) is 0 Å². The minimum atomic E-state index is -1.85. The Morgan fingerprint density at radius 3 is 2.88 bits per heavy atom. The van der Waals surface area contributed by atoms with E-state index < -0.39 is 21.4 Å². The molecular weight excluding hydrogens is 466 g/mol. The molecule has 0 spiro atoms. The quantitative estimate of drug-likeness (QED) is 0.242. The van der Waals surface area contributed by atoms with Crippen LogP contribution in [0.25, 0.3) is 0 Å². The summed E-state index contributed by atoms with van der Waals surface area (Å²) >= 11 is 10.1. The monoisotopic (exact) mass is 484 g/mol.